The third kappa shape index (κ3) is 3.97. The predicted molar refractivity (Wildman–Crippen MR) is 71.8 cm³/mol. The second-order valence-corrected chi connectivity index (χ2v) is 6.59. The van der Waals surface area contributed by atoms with Gasteiger partial charge in [-0.1, -0.05) is 0 Å². The maximum absolute atomic E-state index is 13.6. The van der Waals surface area contributed by atoms with E-state index >= 15 is 0 Å². The molecule has 1 fully saturated rings. The molecule has 0 saturated carbocycles. The van der Waals surface area contributed by atoms with E-state index in [0.717, 1.165) is 12.1 Å². The van der Waals surface area contributed by atoms with Gasteiger partial charge < -0.3 is 0 Å². The van der Waals surface area contributed by atoms with E-state index in [1.165, 1.54) is 0 Å². The number of nitrogens with zero attached hydrogens (tertiary/aromatic N) is 2. The van der Waals surface area contributed by atoms with Crippen molar-refractivity contribution in [2.75, 3.05) is 19.6 Å². The minimum atomic E-state index is -4.09. The number of benzene rings is 1. The van der Waals surface area contributed by atoms with Crippen LogP contribution in [0, 0.1) is 23.0 Å². The van der Waals surface area contributed by atoms with Crippen molar-refractivity contribution in [3.63, 3.8) is 0 Å². The van der Waals surface area contributed by atoms with Crippen molar-refractivity contribution in [1.82, 2.24) is 9.62 Å². The second kappa shape index (κ2) is 6.47. The third-order valence-corrected chi connectivity index (χ3v) is 4.92. The summed E-state index contributed by atoms with van der Waals surface area (Å²) in [7, 11) is -4.09. The molecule has 5 nitrogen and oxygen atoms in total. The van der Waals surface area contributed by atoms with Crippen molar-refractivity contribution in [2.45, 2.75) is 23.8 Å². The van der Waals surface area contributed by atoms with Crippen LogP contribution in [0.4, 0.5) is 8.78 Å². The molecule has 1 aromatic rings. The zero-order chi connectivity index (χ0) is 15.5. The molecule has 8 heteroatoms. The number of nitriles is 1. The van der Waals surface area contributed by atoms with Gasteiger partial charge in [0, 0.05) is 19.1 Å². The van der Waals surface area contributed by atoms with E-state index in [1.54, 1.807) is 0 Å². The molecule has 114 valence electrons. The van der Waals surface area contributed by atoms with Gasteiger partial charge in [0.25, 0.3) is 0 Å². The second-order valence-electron chi connectivity index (χ2n) is 4.90. The molecule has 0 unspecified atom stereocenters. The van der Waals surface area contributed by atoms with Crippen LogP contribution >= 0.6 is 0 Å². The molecule has 1 heterocycles. The minimum absolute atomic E-state index is 0.304. The molecule has 0 aromatic heterocycles. The molecule has 0 aliphatic carbocycles. The largest absolute Gasteiger partial charge is 0.290 e. The number of hydrogen-bond donors (Lipinski definition) is 1. The lowest BCUT2D eigenvalue weighted by molar-refractivity contribution is 0.229. The summed E-state index contributed by atoms with van der Waals surface area (Å²) in [5.41, 5.74) is 0. The van der Waals surface area contributed by atoms with Crippen LogP contribution in [0.2, 0.25) is 0 Å². The molecule has 0 bridgehead atoms. The van der Waals surface area contributed by atoms with Gasteiger partial charge in [-0.25, -0.2) is 21.9 Å². The molecular weight excluding hydrogens is 300 g/mol. The van der Waals surface area contributed by atoms with E-state index in [1.807, 2.05) is 11.0 Å². The van der Waals surface area contributed by atoms with Crippen molar-refractivity contribution in [3.8, 4) is 6.07 Å². The summed E-state index contributed by atoms with van der Waals surface area (Å²) in [5.74, 6) is -1.79. The molecule has 1 aliphatic heterocycles. The van der Waals surface area contributed by atoms with Crippen LogP contribution < -0.4 is 4.72 Å². The fraction of sp³-hybridized carbons (Fsp3) is 0.462. The SMILES string of the molecule is N#CCN1CCC(NS(=O)(=O)c2cc(F)ccc2F)CC1. The summed E-state index contributed by atoms with van der Waals surface area (Å²) < 4.78 is 53.2. The average molecular weight is 315 g/mol. The summed E-state index contributed by atoms with van der Waals surface area (Å²) in [4.78, 5) is 1.23. The number of piperidine rings is 1. The highest BCUT2D eigenvalue weighted by molar-refractivity contribution is 7.89. The van der Waals surface area contributed by atoms with Crippen molar-refractivity contribution in [1.29, 1.82) is 5.26 Å². The van der Waals surface area contributed by atoms with E-state index in [2.05, 4.69) is 4.72 Å². The molecule has 21 heavy (non-hydrogen) atoms. The molecule has 1 aliphatic rings. The maximum atomic E-state index is 13.6. The number of halogens is 2. The van der Waals surface area contributed by atoms with E-state index in [-0.39, 0.29) is 6.04 Å². The number of nitrogens with one attached hydrogen (secondary N) is 1. The lowest BCUT2D eigenvalue weighted by Crippen LogP contribution is -2.44. The smallest absolute Gasteiger partial charge is 0.243 e. The highest BCUT2D eigenvalue weighted by atomic mass is 32.2. The summed E-state index contributed by atoms with van der Waals surface area (Å²) in [6.45, 7) is 1.48. The van der Waals surface area contributed by atoms with Gasteiger partial charge in [0.15, 0.2) is 0 Å². The molecule has 0 spiro atoms. The molecule has 1 saturated heterocycles. The zero-order valence-corrected chi connectivity index (χ0v) is 12.0. The number of likely N-dealkylation sites (tertiary alicyclic amines) is 1. The lowest BCUT2D eigenvalue weighted by atomic mass is 10.1. The van der Waals surface area contributed by atoms with E-state index in [0.29, 0.717) is 38.5 Å². The van der Waals surface area contributed by atoms with Gasteiger partial charge >= 0.3 is 0 Å². The van der Waals surface area contributed by atoms with Crippen molar-refractivity contribution < 1.29 is 17.2 Å². The average Bonchev–Trinajstić information content (AvgIpc) is 2.43. The van der Waals surface area contributed by atoms with Gasteiger partial charge in [-0.2, -0.15) is 5.26 Å². The monoisotopic (exact) mass is 315 g/mol. The first-order valence-corrected chi connectivity index (χ1v) is 7.97. The fourth-order valence-electron chi connectivity index (χ4n) is 2.27. The van der Waals surface area contributed by atoms with Gasteiger partial charge in [-0.15, -0.1) is 0 Å². The Morgan fingerprint density at radius 1 is 1.33 bits per heavy atom. The quantitative estimate of drug-likeness (QED) is 0.848. The fourth-order valence-corrected chi connectivity index (χ4v) is 3.67. The summed E-state index contributed by atoms with van der Waals surface area (Å²) in [6, 6.07) is 4.03. The van der Waals surface area contributed by atoms with Gasteiger partial charge in [0.2, 0.25) is 10.0 Å². The van der Waals surface area contributed by atoms with Crippen LogP contribution in [0.25, 0.3) is 0 Å². The standard InChI is InChI=1S/C13H15F2N3O2S/c14-10-1-2-12(15)13(9-10)21(19,20)17-11-3-6-18(7-4-11)8-5-16/h1-2,9,11,17H,3-4,6-8H2. The molecular formula is C13H15F2N3O2S. The van der Waals surface area contributed by atoms with E-state index in [9.17, 15) is 17.2 Å². The highest BCUT2D eigenvalue weighted by Crippen LogP contribution is 2.18. The number of sulfonamides is 1. The Morgan fingerprint density at radius 2 is 2.00 bits per heavy atom. The Labute approximate surface area is 122 Å². The third-order valence-electron chi connectivity index (χ3n) is 3.39. The summed E-state index contributed by atoms with van der Waals surface area (Å²) in [5, 5.41) is 8.60. The Kier molecular flexibility index (Phi) is 4.88. The first-order chi connectivity index (χ1) is 9.92. The number of hydrogen-bond acceptors (Lipinski definition) is 4. The Hall–Kier alpha value is -1.56. The zero-order valence-electron chi connectivity index (χ0n) is 11.2. The van der Waals surface area contributed by atoms with Gasteiger partial charge in [0.05, 0.1) is 12.6 Å². The van der Waals surface area contributed by atoms with Crippen molar-refractivity contribution >= 4 is 10.0 Å². The first kappa shape index (κ1) is 15.8. The van der Waals surface area contributed by atoms with Crippen LogP contribution in [0.3, 0.4) is 0 Å². The van der Waals surface area contributed by atoms with Crippen LogP contribution in [-0.4, -0.2) is 39.0 Å². The van der Waals surface area contributed by atoms with Crippen LogP contribution in [0.1, 0.15) is 12.8 Å². The van der Waals surface area contributed by atoms with E-state index < -0.39 is 26.6 Å². The van der Waals surface area contributed by atoms with Crippen molar-refractivity contribution in [3.05, 3.63) is 29.8 Å². The molecule has 0 amide bonds. The molecule has 2 rings (SSSR count). The Balaban J connectivity index is 2.06. The summed E-state index contributed by atoms with van der Waals surface area (Å²) in [6.07, 6.45) is 1.05. The lowest BCUT2D eigenvalue weighted by Gasteiger charge is -2.30. The van der Waals surface area contributed by atoms with Gasteiger partial charge in [-0.05, 0) is 31.0 Å². The van der Waals surface area contributed by atoms with Crippen LogP contribution in [-0.2, 0) is 10.0 Å². The normalized spacial score (nSPS) is 17.6. The highest BCUT2D eigenvalue weighted by Gasteiger charge is 2.26. The predicted octanol–water partition coefficient (Wildman–Crippen LogP) is 1.23. The van der Waals surface area contributed by atoms with Crippen LogP contribution in [0.15, 0.2) is 23.1 Å². The molecule has 1 N–H and O–H groups in total. The molecule has 1 aromatic carbocycles. The Morgan fingerprint density at radius 3 is 2.62 bits per heavy atom. The van der Waals surface area contributed by atoms with Gasteiger partial charge in [-0.3, -0.25) is 4.90 Å². The summed E-state index contributed by atoms with van der Waals surface area (Å²) >= 11 is 0. The van der Waals surface area contributed by atoms with E-state index in [4.69, 9.17) is 5.26 Å². The molecule has 0 radical (unpaired) electrons. The van der Waals surface area contributed by atoms with Crippen molar-refractivity contribution in [2.24, 2.45) is 0 Å². The number of rotatable bonds is 4. The molecule has 0 atom stereocenters. The van der Waals surface area contributed by atoms with Crippen LogP contribution in [0.5, 0.6) is 0 Å². The maximum Gasteiger partial charge on any atom is 0.243 e. The first-order valence-electron chi connectivity index (χ1n) is 6.49. The Bertz CT molecular complexity index is 650. The van der Waals surface area contributed by atoms with Gasteiger partial charge in [0.1, 0.15) is 16.5 Å². The minimum Gasteiger partial charge on any atom is -0.290 e. The topological polar surface area (TPSA) is 73.2 Å².